The second kappa shape index (κ2) is 7.70. The van der Waals surface area contributed by atoms with Gasteiger partial charge in [-0.2, -0.15) is 0 Å². The molecule has 0 radical (unpaired) electrons. The minimum Gasteiger partial charge on any atom is -0.486 e. The van der Waals surface area contributed by atoms with Crippen molar-refractivity contribution >= 4 is 0 Å². The quantitative estimate of drug-likeness (QED) is 0.587. The van der Waals surface area contributed by atoms with Gasteiger partial charge in [-0.05, 0) is 31.2 Å². The molecule has 3 aromatic rings. The monoisotopic (exact) mass is 324 g/mol. The van der Waals surface area contributed by atoms with Crippen LogP contribution in [-0.2, 0) is 11.3 Å². The van der Waals surface area contributed by atoms with Crippen LogP contribution in [0.5, 0.6) is 17.2 Å². The summed E-state index contributed by atoms with van der Waals surface area (Å²) in [6.07, 6.45) is -0.214. The normalized spacial score (nSPS) is 11.9. The van der Waals surface area contributed by atoms with Crippen LogP contribution in [0.3, 0.4) is 0 Å². The van der Waals surface area contributed by atoms with Crippen molar-refractivity contribution in [2.45, 2.75) is 19.6 Å². The van der Waals surface area contributed by atoms with E-state index in [1.165, 1.54) is 0 Å². The average molecular weight is 324 g/mol. The van der Waals surface area contributed by atoms with Gasteiger partial charge in [-0.25, -0.2) is 0 Å². The lowest BCUT2D eigenvalue weighted by Gasteiger charge is -2.10. The molecule has 2 aromatic carbocycles. The van der Waals surface area contributed by atoms with Gasteiger partial charge < -0.3 is 18.6 Å². The molecule has 1 aromatic heterocycles. The summed E-state index contributed by atoms with van der Waals surface area (Å²) in [6, 6.07) is 21.1. The summed E-state index contributed by atoms with van der Waals surface area (Å²) in [4.78, 5) is 0. The fourth-order valence-electron chi connectivity index (χ4n) is 2.27. The molecule has 0 aliphatic heterocycles. The van der Waals surface area contributed by atoms with Crippen molar-refractivity contribution in [2.75, 3.05) is 7.11 Å². The fraction of sp³-hybridized carbons (Fsp3) is 0.200. The van der Waals surface area contributed by atoms with Gasteiger partial charge in [-0.15, -0.1) is 0 Å². The van der Waals surface area contributed by atoms with E-state index in [0.717, 1.165) is 11.5 Å². The summed E-state index contributed by atoms with van der Waals surface area (Å²) in [5.74, 6) is 3.51. The van der Waals surface area contributed by atoms with Crippen LogP contribution in [0, 0.1) is 0 Å². The highest BCUT2D eigenvalue weighted by atomic mass is 16.5. The summed E-state index contributed by atoms with van der Waals surface area (Å²) < 4.78 is 22.9. The van der Waals surface area contributed by atoms with Gasteiger partial charge in [-0.3, -0.25) is 0 Å². The van der Waals surface area contributed by atoms with Crippen molar-refractivity contribution < 1.29 is 18.6 Å². The zero-order valence-corrected chi connectivity index (χ0v) is 13.8. The van der Waals surface area contributed by atoms with Crippen LogP contribution in [-0.4, -0.2) is 7.11 Å². The molecule has 0 bridgehead atoms. The summed E-state index contributed by atoms with van der Waals surface area (Å²) in [7, 11) is 1.64. The number of ether oxygens (including phenoxy) is 3. The van der Waals surface area contributed by atoms with E-state index in [0.29, 0.717) is 23.9 Å². The maximum absolute atomic E-state index is 5.94. The van der Waals surface area contributed by atoms with E-state index in [1.54, 1.807) is 7.11 Å². The van der Waals surface area contributed by atoms with Crippen molar-refractivity contribution in [3.05, 3.63) is 78.3 Å². The molecule has 0 spiro atoms. The molecular weight excluding hydrogens is 304 g/mol. The van der Waals surface area contributed by atoms with Gasteiger partial charge in [0.2, 0.25) is 0 Å². The lowest BCUT2D eigenvalue weighted by Crippen LogP contribution is -1.96. The van der Waals surface area contributed by atoms with E-state index >= 15 is 0 Å². The van der Waals surface area contributed by atoms with Gasteiger partial charge in [0, 0.05) is 13.2 Å². The second-order valence-electron chi connectivity index (χ2n) is 5.34. The lowest BCUT2D eigenvalue weighted by molar-refractivity contribution is 0.0941. The van der Waals surface area contributed by atoms with Crippen molar-refractivity contribution in [1.82, 2.24) is 0 Å². The maximum Gasteiger partial charge on any atom is 0.175 e. The smallest absolute Gasteiger partial charge is 0.175 e. The van der Waals surface area contributed by atoms with Crippen molar-refractivity contribution in [2.24, 2.45) is 0 Å². The number of rotatable bonds is 7. The molecule has 3 rings (SSSR count). The molecule has 124 valence electrons. The van der Waals surface area contributed by atoms with Crippen LogP contribution >= 0.6 is 0 Å². The number of hydrogen-bond donors (Lipinski definition) is 0. The van der Waals surface area contributed by atoms with E-state index in [1.807, 2.05) is 73.7 Å². The van der Waals surface area contributed by atoms with Gasteiger partial charge >= 0.3 is 0 Å². The van der Waals surface area contributed by atoms with E-state index < -0.39 is 0 Å². The van der Waals surface area contributed by atoms with Gasteiger partial charge in [0.05, 0.1) is 0 Å². The van der Waals surface area contributed by atoms with Crippen LogP contribution in [0.4, 0.5) is 0 Å². The molecule has 0 N–H and O–H groups in total. The third-order valence-corrected chi connectivity index (χ3v) is 3.59. The van der Waals surface area contributed by atoms with E-state index in [-0.39, 0.29) is 6.10 Å². The Morgan fingerprint density at radius 2 is 1.54 bits per heavy atom. The molecule has 0 aliphatic carbocycles. The highest BCUT2D eigenvalue weighted by Gasteiger charge is 2.19. The molecule has 1 unspecified atom stereocenters. The Morgan fingerprint density at radius 3 is 2.17 bits per heavy atom. The number of methoxy groups -OCH3 is 1. The molecule has 1 atom stereocenters. The van der Waals surface area contributed by atoms with Crippen LogP contribution in [0.25, 0.3) is 0 Å². The zero-order chi connectivity index (χ0) is 16.8. The molecule has 4 heteroatoms. The first-order valence-corrected chi connectivity index (χ1v) is 7.82. The van der Waals surface area contributed by atoms with Crippen LogP contribution in [0.1, 0.15) is 24.5 Å². The highest BCUT2D eigenvalue weighted by Crippen LogP contribution is 2.34. The van der Waals surface area contributed by atoms with Gasteiger partial charge in [0.1, 0.15) is 30.0 Å². The van der Waals surface area contributed by atoms with Crippen LogP contribution in [0.15, 0.2) is 71.1 Å². The predicted octanol–water partition coefficient (Wildman–Crippen LogP) is 5.36. The van der Waals surface area contributed by atoms with Gasteiger partial charge in [-0.1, -0.05) is 36.4 Å². The summed E-state index contributed by atoms with van der Waals surface area (Å²) in [5, 5.41) is 0. The largest absolute Gasteiger partial charge is 0.486 e. The molecule has 0 saturated carbocycles. The van der Waals surface area contributed by atoms with Crippen LogP contribution < -0.4 is 9.47 Å². The number of furan rings is 1. The van der Waals surface area contributed by atoms with Gasteiger partial charge in [0.15, 0.2) is 11.5 Å². The Bertz CT molecular complexity index is 750. The first-order chi connectivity index (χ1) is 11.8. The summed E-state index contributed by atoms with van der Waals surface area (Å²) >= 11 is 0. The highest BCUT2D eigenvalue weighted by molar-refractivity contribution is 5.36. The molecule has 0 saturated heterocycles. The Balaban J connectivity index is 1.78. The van der Waals surface area contributed by atoms with E-state index in [2.05, 4.69) is 0 Å². The Hall–Kier alpha value is -2.72. The third-order valence-electron chi connectivity index (χ3n) is 3.59. The second-order valence-corrected chi connectivity index (χ2v) is 5.34. The molecule has 24 heavy (non-hydrogen) atoms. The van der Waals surface area contributed by atoms with Crippen LogP contribution in [0.2, 0.25) is 0 Å². The van der Waals surface area contributed by atoms with Crippen molar-refractivity contribution in [3.8, 4) is 17.2 Å². The Kier molecular flexibility index (Phi) is 5.18. The standard InChI is InChI=1S/C20H20O4/c1-15(21-2)20-19(23-17-11-7-4-8-12-17)13-18(24-20)14-22-16-9-5-3-6-10-16/h3-13,15H,14H2,1-2H3. The number of hydrogen-bond acceptors (Lipinski definition) is 4. The Morgan fingerprint density at radius 1 is 0.917 bits per heavy atom. The predicted molar refractivity (Wildman–Crippen MR) is 91.4 cm³/mol. The number of benzene rings is 2. The lowest BCUT2D eigenvalue weighted by atomic mass is 10.3. The summed E-state index contributed by atoms with van der Waals surface area (Å²) in [5.41, 5.74) is 0. The third kappa shape index (κ3) is 3.97. The zero-order valence-electron chi connectivity index (χ0n) is 13.8. The minimum absolute atomic E-state index is 0.214. The maximum atomic E-state index is 5.94. The van der Waals surface area contributed by atoms with E-state index in [4.69, 9.17) is 18.6 Å². The topological polar surface area (TPSA) is 40.8 Å². The molecule has 0 aliphatic rings. The molecule has 0 fully saturated rings. The first-order valence-electron chi connectivity index (χ1n) is 7.82. The fourth-order valence-corrected chi connectivity index (χ4v) is 2.27. The van der Waals surface area contributed by atoms with Crippen molar-refractivity contribution in [3.63, 3.8) is 0 Å². The summed E-state index contributed by atoms with van der Waals surface area (Å²) in [6.45, 7) is 2.24. The molecule has 4 nitrogen and oxygen atoms in total. The van der Waals surface area contributed by atoms with Crippen molar-refractivity contribution in [1.29, 1.82) is 0 Å². The van der Waals surface area contributed by atoms with E-state index in [9.17, 15) is 0 Å². The first kappa shape index (κ1) is 16.1. The number of para-hydroxylation sites is 2. The van der Waals surface area contributed by atoms with Gasteiger partial charge in [0.25, 0.3) is 0 Å². The SMILES string of the molecule is COC(C)c1oc(COc2ccccc2)cc1Oc1ccccc1. The molecule has 0 amide bonds. The Labute approximate surface area is 141 Å². The molecular formula is C20H20O4. The molecule has 1 heterocycles. The minimum atomic E-state index is -0.214. The average Bonchev–Trinajstić information content (AvgIpc) is 3.04.